The number of aliphatic carboxylic acids is 1. The molecule has 2 aromatic carbocycles. The van der Waals surface area contributed by atoms with Crippen molar-refractivity contribution in [1.82, 2.24) is 0 Å². The highest BCUT2D eigenvalue weighted by Gasteiger charge is 2.16. The average Bonchev–Trinajstić information content (AvgIpc) is 2.63. The fourth-order valence-electron chi connectivity index (χ4n) is 3.09. The molecule has 0 atom stereocenters. The zero-order valence-electron chi connectivity index (χ0n) is 15.7. The van der Waals surface area contributed by atoms with Crippen molar-refractivity contribution < 1.29 is 19.1 Å². The first-order chi connectivity index (χ1) is 12.9. The number of hydrogen-bond acceptors (Lipinski definition) is 4. The summed E-state index contributed by atoms with van der Waals surface area (Å²) in [6.45, 7) is 6.13. The number of fused-ring (bicyclic) bond motifs is 1. The lowest BCUT2D eigenvalue weighted by atomic mass is 10.0. The van der Waals surface area contributed by atoms with E-state index in [4.69, 9.17) is 14.3 Å². The Bertz CT molecular complexity index is 1040. The number of rotatable bonds is 6. The minimum atomic E-state index is -0.940. The maximum Gasteiger partial charge on any atom is 0.339 e. The topological polar surface area (TPSA) is 76.7 Å². The van der Waals surface area contributed by atoms with Crippen LogP contribution in [0.25, 0.3) is 11.0 Å². The van der Waals surface area contributed by atoms with Crippen molar-refractivity contribution >= 4 is 16.9 Å². The molecule has 0 aliphatic heterocycles. The Labute approximate surface area is 157 Å². The Morgan fingerprint density at radius 2 is 1.74 bits per heavy atom. The fourth-order valence-corrected chi connectivity index (χ4v) is 3.09. The summed E-state index contributed by atoms with van der Waals surface area (Å²) in [7, 11) is 0. The molecule has 5 nitrogen and oxygen atoms in total. The second kappa shape index (κ2) is 7.66. The quantitative estimate of drug-likeness (QED) is 0.658. The molecule has 3 rings (SSSR count). The van der Waals surface area contributed by atoms with Crippen molar-refractivity contribution in [3.8, 4) is 5.75 Å². The van der Waals surface area contributed by atoms with Gasteiger partial charge in [0.25, 0.3) is 0 Å². The van der Waals surface area contributed by atoms with Gasteiger partial charge in [0.15, 0.2) is 0 Å². The van der Waals surface area contributed by atoms with Crippen LogP contribution in [-0.2, 0) is 17.8 Å². The molecule has 0 aliphatic rings. The molecule has 0 spiro atoms. The van der Waals surface area contributed by atoms with Gasteiger partial charge in [0.2, 0.25) is 0 Å². The van der Waals surface area contributed by atoms with Gasteiger partial charge in [-0.1, -0.05) is 29.8 Å². The summed E-state index contributed by atoms with van der Waals surface area (Å²) in [5.41, 5.74) is 4.18. The third-order valence-corrected chi connectivity index (χ3v) is 4.76. The summed E-state index contributed by atoms with van der Waals surface area (Å²) in [5, 5.41) is 9.67. The molecule has 0 bridgehead atoms. The van der Waals surface area contributed by atoms with Crippen molar-refractivity contribution in [2.45, 2.75) is 40.2 Å². The largest absolute Gasteiger partial charge is 0.488 e. The molecule has 0 saturated heterocycles. The molecule has 27 heavy (non-hydrogen) atoms. The lowest BCUT2D eigenvalue weighted by molar-refractivity contribution is -0.136. The van der Waals surface area contributed by atoms with Gasteiger partial charge in [-0.25, -0.2) is 4.79 Å². The van der Waals surface area contributed by atoms with Crippen LogP contribution in [0.1, 0.15) is 34.2 Å². The number of carbonyl (C=O) groups is 1. The van der Waals surface area contributed by atoms with Crippen LogP contribution in [0.4, 0.5) is 0 Å². The Kier molecular flexibility index (Phi) is 5.31. The van der Waals surface area contributed by atoms with Crippen LogP contribution in [0.5, 0.6) is 5.75 Å². The normalized spacial score (nSPS) is 10.9. The van der Waals surface area contributed by atoms with Gasteiger partial charge in [-0.2, -0.15) is 0 Å². The van der Waals surface area contributed by atoms with Crippen LogP contribution in [0, 0.1) is 20.8 Å². The Morgan fingerprint density at radius 1 is 1.04 bits per heavy atom. The van der Waals surface area contributed by atoms with Gasteiger partial charge in [0, 0.05) is 22.9 Å². The van der Waals surface area contributed by atoms with Crippen LogP contribution < -0.4 is 10.4 Å². The van der Waals surface area contributed by atoms with Gasteiger partial charge in [-0.05, 0) is 50.5 Å². The molecule has 1 aromatic heterocycles. The highest BCUT2D eigenvalue weighted by Crippen LogP contribution is 2.30. The van der Waals surface area contributed by atoms with E-state index >= 15 is 0 Å². The van der Waals surface area contributed by atoms with Crippen molar-refractivity contribution in [1.29, 1.82) is 0 Å². The van der Waals surface area contributed by atoms with Crippen LogP contribution >= 0.6 is 0 Å². The maximum absolute atomic E-state index is 12.3. The molecular weight excluding hydrogens is 344 g/mol. The van der Waals surface area contributed by atoms with Crippen LogP contribution in [0.15, 0.2) is 45.6 Å². The predicted octanol–water partition coefficient (Wildman–Crippen LogP) is 4.31. The molecule has 3 aromatic rings. The SMILES string of the molecule is Cc1ccc(COc2ccc3c(C)c(CCC(=O)O)c(=O)oc3c2C)cc1. The van der Waals surface area contributed by atoms with Gasteiger partial charge in [0.1, 0.15) is 17.9 Å². The van der Waals surface area contributed by atoms with Crippen molar-refractivity contribution in [3.05, 3.63) is 74.6 Å². The molecule has 0 amide bonds. The first-order valence-electron chi connectivity index (χ1n) is 8.83. The third kappa shape index (κ3) is 4.03. The molecular formula is C22H22O5. The summed E-state index contributed by atoms with van der Waals surface area (Å²) < 4.78 is 11.4. The lowest BCUT2D eigenvalue weighted by Gasteiger charge is -2.13. The van der Waals surface area contributed by atoms with Crippen molar-refractivity contribution in [2.24, 2.45) is 0 Å². The molecule has 0 saturated carbocycles. The molecule has 0 unspecified atom stereocenters. The monoisotopic (exact) mass is 366 g/mol. The van der Waals surface area contributed by atoms with Gasteiger partial charge >= 0.3 is 11.6 Å². The molecule has 1 N–H and O–H groups in total. The van der Waals surface area contributed by atoms with Crippen LogP contribution in [0.2, 0.25) is 0 Å². The number of carboxylic acid groups (broad SMARTS) is 1. The lowest BCUT2D eigenvalue weighted by Crippen LogP contribution is -2.12. The Morgan fingerprint density at radius 3 is 2.41 bits per heavy atom. The summed E-state index contributed by atoms with van der Waals surface area (Å²) in [6.07, 6.45) is 0.0536. The van der Waals surface area contributed by atoms with Crippen molar-refractivity contribution in [2.75, 3.05) is 0 Å². The highest BCUT2D eigenvalue weighted by atomic mass is 16.5. The third-order valence-electron chi connectivity index (χ3n) is 4.76. The van der Waals surface area contributed by atoms with Gasteiger partial charge < -0.3 is 14.3 Å². The van der Waals surface area contributed by atoms with Gasteiger partial charge in [0.05, 0.1) is 0 Å². The van der Waals surface area contributed by atoms with E-state index in [0.29, 0.717) is 23.5 Å². The molecule has 0 aliphatic carbocycles. The number of aryl methyl sites for hydroxylation is 3. The van der Waals surface area contributed by atoms with E-state index in [0.717, 1.165) is 22.1 Å². The van der Waals surface area contributed by atoms with Gasteiger partial charge in [-0.15, -0.1) is 0 Å². The number of benzene rings is 2. The van der Waals surface area contributed by atoms with Crippen LogP contribution in [-0.4, -0.2) is 11.1 Å². The molecule has 140 valence electrons. The van der Waals surface area contributed by atoms with Crippen molar-refractivity contribution in [3.63, 3.8) is 0 Å². The van der Waals surface area contributed by atoms with E-state index in [1.165, 1.54) is 5.56 Å². The number of carboxylic acids is 1. The Hall–Kier alpha value is -3.08. The first kappa shape index (κ1) is 18.7. The average molecular weight is 366 g/mol. The van der Waals surface area contributed by atoms with E-state index < -0.39 is 11.6 Å². The molecule has 5 heteroatoms. The van der Waals surface area contributed by atoms with E-state index in [1.54, 1.807) is 0 Å². The molecule has 0 radical (unpaired) electrons. The smallest absolute Gasteiger partial charge is 0.339 e. The minimum Gasteiger partial charge on any atom is -0.488 e. The fraction of sp³-hybridized carbons (Fsp3) is 0.273. The highest BCUT2D eigenvalue weighted by molar-refractivity contribution is 5.85. The zero-order chi connectivity index (χ0) is 19.6. The summed E-state index contributed by atoms with van der Waals surface area (Å²) in [6, 6.07) is 11.8. The number of hydrogen-bond donors (Lipinski definition) is 1. The predicted molar refractivity (Wildman–Crippen MR) is 103 cm³/mol. The molecule has 0 fully saturated rings. The zero-order valence-corrected chi connectivity index (χ0v) is 15.7. The second-order valence-electron chi connectivity index (χ2n) is 6.73. The van der Waals surface area contributed by atoms with Crippen LogP contribution in [0.3, 0.4) is 0 Å². The van der Waals surface area contributed by atoms with E-state index in [2.05, 4.69) is 0 Å². The first-order valence-corrected chi connectivity index (χ1v) is 8.83. The maximum atomic E-state index is 12.3. The minimum absolute atomic E-state index is 0.103. The van der Waals surface area contributed by atoms with E-state index in [1.807, 2.05) is 57.2 Å². The van der Waals surface area contributed by atoms with E-state index in [9.17, 15) is 9.59 Å². The number of ether oxygens (including phenoxy) is 1. The summed E-state index contributed by atoms with van der Waals surface area (Å²) >= 11 is 0. The second-order valence-corrected chi connectivity index (χ2v) is 6.73. The summed E-state index contributed by atoms with van der Waals surface area (Å²) in [5.74, 6) is -0.283. The summed E-state index contributed by atoms with van der Waals surface area (Å²) in [4.78, 5) is 23.2. The molecule has 1 heterocycles. The van der Waals surface area contributed by atoms with E-state index in [-0.39, 0.29) is 12.8 Å². The standard InChI is InChI=1S/C22H22O5/c1-13-4-6-16(7-5-13)12-26-19-10-8-17-14(2)18(9-11-20(23)24)22(25)27-21(17)15(19)3/h4-8,10H,9,11-12H2,1-3H3,(H,23,24). The Balaban J connectivity index is 1.92. The van der Waals surface area contributed by atoms with Gasteiger partial charge in [-0.3, -0.25) is 4.79 Å².